The molecule has 2 aromatic rings. The van der Waals surface area contributed by atoms with Gasteiger partial charge in [-0.1, -0.05) is 39.0 Å². The minimum atomic E-state index is -0.408. The molecular formula is C15H17N3S. The molecule has 0 bridgehead atoms. The van der Waals surface area contributed by atoms with Crippen molar-refractivity contribution in [3.63, 3.8) is 0 Å². The van der Waals surface area contributed by atoms with Gasteiger partial charge in [0, 0.05) is 16.5 Å². The van der Waals surface area contributed by atoms with Gasteiger partial charge in [-0.15, -0.1) is 11.3 Å². The highest BCUT2D eigenvalue weighted by molar-refractivity contribution is 7.09. The molecule has 1 aromatic carbocycles. The number of aromatic nitrogens is 1. The van der Waals surface area contributed by atoms with Crippen molar-refractivity contribution >= 4 is 17.0 Å². The predicted octanol–water partition coefficient (Wildman–Crippen LogP) is 4.12. The summed E-state index contributed by atoms with van der Waals surface area (Å²) < 4.78 is 0. The molecule has 1 unspecified atom stereocenters. The van der Waals surface area contributed by atoms with Gasteiger partial charge in [-0.2, -0.15) is 5.26 Å². The van der Waals surface area contributed by atoms with Gasteiger partial charge in [0.25, 0.3) is 0 Å². The van der Waals surface area contributed by atoms with E-state index in [9.17, 15) is 5.26 Å². The summed E-state index contributed by atoms with van der Waals surface area (Å²) in [6.07, 6.45) is 0. The van der Waals surface area contributed by atoms with Crippen LogP contribution in [-0.4, -0.2) is 4.98 Å². The third-order valence-corrected chi connectivity index (χ3v) is 3.96. The second-order valence-corrected chi connectivity index (χ2v) is 6.26. The van der Waals surface area contributed by atoms with E-state index in [0.717, 1.165) is 16.4 Å². The number of hydrogen-bond acceptors (Lipinski definition) is 4. The van der Waals surface area contributed by atoms with Crippen molar-refractivity contribution in [3.05, 3.63) is 46.4 Å². The summed E-state index contributed by atoms with van der Waals surface area (Å²) in [5.41, 5.74) is 1.75. The first-order chi connectivity index (χ1) is 9.00. The van der Waals surface area contributed by atoms with Gasteiger partial charge in [0.15, 0.2) is 6.04 Å². The van der Waals surface area contributed by atoms with Crippen LogP contribution in [0.15, 0.2) is 35.7 Å². The summed E-state index contributed by atoms with van der Waals surface area (Å²) >= 11 is 1.61. The van der Waals surface area contributed by atoms with Crippen molar-refractivity contribution < 1.29 is 0 Å². The number of para-hydroxylation sites is 1. The molecule has 0 aliphatic carbocycles. The van der Waals surface area contributed by atoms with Crippen molar-refractivity contribution in [1.29, 1.82) is 5.26 Å². The molecule has 4 heteroatoms. The molecule has 98 valence electrons. The first kappa shape index (κ1) is 13.6. The van der Waals surface area contributed by atoms with Gasteiger partial charge >= 0.3 is 0 Å². The van der Waals surface area contributed by atoms with Crippen molar-refractivity contribution in [2.45, 2.75) is 32.2 Å². The van der Waals surface area contributed by atoms with Crippen LogP contribution < -0.4 is 5.32 Å². The lowest BCUT2D eigenvalue weighted by atomic mass is 9.98. The fraction of sp³-hybridized carbons (Fsp3) is 0.333. The molecule has 0 saturated heterocycles. The number of nitrogens with zero attached hydrogens (tertiary/aromatic N) is 2. The van der Waals surface area contributed by atoms with Crippen LogP contribution >= 0.6 is 11.3 Å². The van der Waals surface area contributed by atoms with Gasteiger partial charge < -0.3 is 5.32 Å². The standard InChI is InChI=1S/C15H17N3S/c1-15(2,3)14-18-13(10-19-14)12(9-16)17-11-7-5-4-6-8-11/h4-8,10,12,17H,1-3H3. The van der Waals surface area contributed by atoms with Crippen LogP contribution in [0.3, 0.4) is 0 Å². The van der Waals surface area contributed by atoms with Crippen molar-refractivity contribution in [1.82, 2.24) is 4.98 Å². The van der Waals surface area contributed by atoms with Gasteiger partial charge in [-0.05, 0) is 12.1 Å². The Morgan fingerprint density at radius 3 is 2.47 bits per heavy atom. The maximum absolute atomic E-state index is 9.30. The lowest BCUT2D eigenvalue weighted by Crippen LogP contribution is -2.13. The molecule has 1 heterocycles. The van der Waals surface area contributed by atoms with Crippen molar-refractivity contribution in [3.8, 4) is 6.07 Å². The van der Waals surface area contributed by atoms with E-state index in [0.29, 0.717) is 0 Å². The van der Waals surface area contributed by atoms with Crippen molar-refractivity contribution in [2.24, 2.45) is 0 Å². The van der Waals surface area contributed by atoms with Gasteiger partial charge in [0.2, 0.25) is 0 Å². The maximum atomic E-state index is 9.30. The molecule has 0 radical (unpaired) electrons. The molecule has 0 spiro atoms. The Morgan fingerprint density at radius 2 is 1.95 bits per heavy atom. The van der Waals surface area contributed by atoms with Crippen LogP contribution in [0, 0.1) is 11.3 Å². The Kier molecular flexibility index (Phi) is 3.87. The third-order valence-electron chi connectivity index (χ3n) is 2.67. The number of anilines is 1. The molecule has 1 aromatic heterocycles. The third kappa shape index (κ3) is 3.33. The summed E-state index contributed by atoms with van der Waals surface area (Å²) in [6.45, 7) is 6.38. The van der Waals surface area contributed by atoms with E-state index in [1.165, 1.54) is 0 Å². The Labute approximate surface area is 117 Å². The Bertz CT molecular complexity index is 575. The second kappa shape index (κ2) is 5.41. The fourth-order valence-corrected chi connectivity index (χ4v) is 2.57. The number of benzene rings is 1. The molecule has 3 nitrogen and oxygen atoms in total. The quantitative estimate of drug-likeness (QED) is 0.913. The van der Waals surface area contributed by atoms with Gasteiger partial charge in [0.1, 0.15) is 0 Å². The monoisotopic (exact) mass is 271 g/mol. The summed E-state index contributed by atoms with van der Waals surface area (Å²) in [5, 5.41) is 15.5. The van der Waals surface area contributed by atoms with Crippen LogP contribution in [0.5, 0.6) is 0 Å². The van der Waals surface area contributed by atoms with Crippen LogP contribution in [0.4, 0.5) is 5.69 Å². The molecule has 0 aliphatic rings. The lowest BCUT2D eigenvalue weighted by Gasteiger charge is -2.14. The highest BCUT2D eigenvalue weighted by Gasteiger charge is 2.21. The topological polar surface area (TPSA) is 48.7 Å². The molecule has 2 rings (SSSR count). The predicted molar refractivity (Wildman–Crippen MR) is 79.2 cm³/mol. The van der Waals surface area contributed by atoms with E-state index >= 15 is 0 Å². The van der Waals surface area contributed by atoms with Crippen molar-refractivity contribution in [2.75, 3.05) is 5.32 Å². The number of nitrogens with one attached hydrogen (secondary N) is 1. The zero-order valence-corrected chi connectivity index (χ0v) is 12.2. The molecule has 1 atom stereocenters. The van der Waals surface area contributed by atoms with Gasteiger partial charge in [0.05, 0.1) is 16.8 Å². The zero-order valence-electron chi connectivity index (χ0n) is 11.3. The Hall–Kier alpha value is -1.86. The summed E-state index contributed by atoms with van der Waals surface area (Å²) in [6, 6.07) is 11.6. The van der Waals surface area contributed by atoms with Crippen LogP contribution in [0.2, 0.25) is 0 Å². The average Bonchev–Trinajstić information content (AvgIpc) is 2.86. The highest BCUT2D eigenvalue weighted by atomic mass is 32.1. The average molecular weight is 271 g/mol. The zero-order chi connectivity index (χ0) is 13.9. The minimum Gasteiger partial charge on any atom is -0.365 e. The van der Waals surface area contributed by atoms with Crippen LogP contribution in [-0.2, 0) is 5.41 Å². The van der Waals surface area contributed by atoms with Crippen LogP contribution in [0.1, 0.15) is 37.5 Å². The first-order valence-corrected chi connectivity index (χ1v) is 7.06. The number of nitriles is 1. The smallest absolute Gasteiger partial charge is 0.158 e. The van der Waals surface area contributed by atoms with E-state index in [1.54, 1.807) is 11.3 Å². The lowest BCUT2D eigenvalue weighted by molar-refractivity contribution is 0.582. The molecule has 0 fully saturated rings. The SMILES string of the molecule is CC(C)(C)c1nc(C(C#N)Nc2ccccc2)cs1. The molecule has 0 saturated carbocycles. The molecule has 0 aliphatic heterocycles. The molecule has 19 heavy (non-hydrogen) atoms. The Morgan fingerprint density at radius 1 is 1.26 bits per heavy atom. The molecule has 0 amide bonds. The minimum absolute atomic E-state index is 0.0235. The number of rotatable bonds is 3. The van der Waals surface area contributed by atoms with E-state index in [1.807, 2.05) is 35.7 Å². The highest BCUT2D eigenvalue weighted by Crippen LogP contribution is 2.28. The van der Waals surface area contributed by atoms with Gasteiger partial charge in [-0.25, -0.2) is 4.98 Å². The maximum Gasteiger partial charge on any atom is 0.158 e. The van der Waals surface area contributed by atoms with E-state index in [4.69, 9.17) is 0 Å². The summed E-state index contributed by atoms with van der Waals surface area (Å²) in [7, 11) is 0. The summed E-state index contributed by atoms with van der Waals surface area (Å²) in [5.74, 6) is 0. The largest absolute Gasteiger partial charge is 0.365 e. The second-order valence-electron chi connectivity index (χ2n) is 5.40. The van der Waals surface area contributed by atoms with E-state index < -0.39 is 6.04 Å². The number of thiazole rings is 1. The first-order valence-electron chi connectivity index (χ1n) is 6.18. The van der Waals surface area contributed by atoms with E-state index in [-0.39, 0.29) is 5.41 Å². The fourth-order valence-electron chi connectivity index (χ4n) is 1.64. The normalized spacial score (nSPS) is 12.7. The van der Waals surface area contributed by atoms with Crippen LogP contribution in [0.25, 0.3) is 0 Å². The van der Waals surface area contributed by atoms with E-state index in [2.05, 4.69) is 37.1 Å². The number of hydrogen-bond donors (Lipinski definition) is 1. The Balaban J connectivity index is 2.19. The van der Waals surface area contributed by atoms with Gasteiger partial charge in [-0.3, -0.25) is 0 Å². The molecule has 1 N–H and O–H groups in total. The summed E-state index contributed by atoms with van der Waals surface area (Å²) in [4.78, 5) is 4.58. The molecular weight excluding hydrogens is 254 g/mol.